The van der Waals surface area contributed by atoms with E-state index < -0.39 is 23.4 Å². The second-order valence-electron chi connectivity index (χ2n) is 4.04. The molecule has 3 nitrogen and oxygen atoms in total. The first kappa shape index (κ1) is 14.3. The van der Waals surface area contributed by atoms with Crippen LogP contribution in [0.3, 0.4) is 0 Å². The summed E-state index contributed by atoms with van der Waals surface area (Å²) in [5, 5.41) is 20.7. The van der Waals surface area contributed by atoms with Crippen molar-refractivity contribution in [3.63, 3.8) is 0 Å². The number of aliphatic hydroxyl groups is 1. The highest BCUT2D eigenvalue weighted by Gasteiger charge is 2.33. The number of halogens is 3. The quantitative estimate of drug-likeness (QED) is 0.876. The molecule has 0 spiro atoms. The van der Waals surface area contributed by atoms with Gasteiger partial charge in [0.1, 0.15) is 0 Å². The average molecular weight is 258 g/mol. The molecule has 0 aromatic heterocycles. The molecule has 1 aromatic rings. The number of nitrogens with zero attached hydrogens (tertiary/aromatic N) is 1. The van der Waals surface area contributed by atoms with Crippen LogP contribution >= 0.6 is 0 Å². The Morgan fingerprint density at radius 3 is 2.39 bits per heavy atom. The van der Waals surface area contributed by atoms with Crippen LogP contribution in [-0.4, -0.2) is 17.3 Å². The minimum absolute atomic E-state index is 0.217. The maximum Gasteiger partial charge on any atom is 0.417 e. The number of hydrogen-bond donors (Lipinski definition) is 2. The van der Waals surface area contributed by atoms with Gasteiger partial charge in [-0.15, -0.1) is 0 Å². The SMILES string of the molecule is C[C@H](Nc1ccc(C#N)c(C(F)(F)F)c1)[C@@H](C)O. The van der Waals surface area contributed by atoms with Crippen LogP contribution in [0.15, 0.2) is 18.2 Å². The van der Waals surface area contributed by atoms with Crippen molar-refractivity contribution in [2.75, 3.05) is 5.32 Å². The smallest absolute Gasteiger partial charge is 0.391 e. The highest BCUT2D eigenvalue weighted by atomic mass is 19.4. The van der Waals surface area contributed by atoms with Gasteiger partial charge in [0.15, 0.2) is 0 Å². The van der Waals surface area contributed by atoms with E-state index in [0.717, 1.165) is 12.1 Å². The molecule has 98 valence electrons. The van der Waals surface area contributed by atoms with Gasteiger partial charge in [-0.1, -0.05) is 0 Å². The van der Waals surface area contributed by atoms with E-state index in [1.165, 1.54) is 19.1 Å². The number of anilines is 1. The second-order valence-corrected chi connectivity index (χ2v) is 4.04. The summed E-state index contributed by atoms with van der Waals surface area (Å²) in [6.45, 7) is 3.18. The third-order valence-electron chi connectivity index (χ3n) is 2.56. The highest BCUT2D eigenvalue weighted by Crippen LogP contribution is 2.33. The van der Waals surface area contributed by atoms with Crippen LogP contribution in [-0.2, 0) is 6.18 Å². The van der Waals surface area contributed by atoms with Crippen molar-refractivity contribution in [1.82, 2.24) is 0 Å². The first-order valence-electron chi connectivity index (χ1n) is 5.31. The van der Waals surface area contributed by atoms with E-state index in [-0.39, 0.29) is 11.7 Å². The van der Waals surface area contributed by atoms with Crippen molar-refractivity contribution in [3.05, 3.63) is 29.3 Å². The fourth-order valence-corrected chi connectivity index (χ4v) is 1.35. The lowest BCUT2D eigenvalue weighted by molar-refractivity contribution is -0.137. The van der Waals surface area contributed by atoms with Crippen molar-refractivity contribution in [2.24, 2.45) is 0 Å². The molecule has 0 unspecified atom stereocenters. The van der Waals surface area contributed by atoms with Crippen molar-refractivity contribution >= 4 is 5.69 Å². The third kappa shape index (κ3) is 3.37. The zero-order valence-electron chi connectivity index (χ0n) is 9.92. The van der Waals surface area contributed by atoms with Crippen LogP contribution < -0.4 is 5.32 Å². The van der Waals surface area contributed by atoms with Gasteiger partial charge in [0.25, 0.3) is 0 Å². The number of hydrogen-bond acceptors (Lipinski definition) is 3. The molecule has 1 rings (SSSR count). The van der Waals surface area contributed by atoms with Gasteiger partial charge in [-0.25, -0.2) is 0 Å². The van der Waals surface area contributed by atoms with Gasteiger partial charge >= 0.3 is 6.18 Å². The second kappa shape index (κ2) is 5.27. The van der Waals surface area contributed by atoms with Gasteiger partial charge in [-0.3, -0.25) is 0 Å². The Bertz CT molecular complexity index is 463. The summed E-state index contributed by atoms with van der Waals surface area (Å²) in [6.07, 6.45) is -5.27. The summed E-state index contributed by atoms with van der Waals surface area (Å²) >= 11 is 0. The molecule has 18 heavy (non-hydrogen) atoms. The van der Waals surface area contributed by atoms with E-state index in [1.54, 1.807) is 6.92 Å². The highest BCUT2D eigenvalue weighted by molar-refractivity contribution is 5.53. The first-order valence-corrected chi connectivity index (χ1v) is 5.31. The zero-order valence-corrected chi connectivity index (χ0v) is 9.92. The molecule has 0 bridgehead atoms. The number of rotatable bonds is 3. The topological polar surface area (TPSA) is 56.0 Å². The van der Waals surface area contributed by atoms with Crippen molar-refractivity contribution < 1.29 is 18.3 Å². The summed E-state index contributed by atoms with van der Waals surface area (Å²) in [6, 6.07) is 4.48. The fourth-order valence-electron chi connectivity index (χ4n) is 1.35. The van der Waals surface area contributed by atoms with Crippen LogP contribution in [0.1, 0.15) is 25.0 Å². The average Bonchev–Trinajstić information content (AvgIpc) is 2.27. The van der Waals surface area contributed by atoms with Gasteiger partial charge in [0.2, 0.25) is 0 Å². The minimum atomic E-state index is -4.57. The largest absolute Gasteiger partial charge is 0.417 e. The fraction of sp³-hybridized carbons (Fsp3) is 0.417. The molecule has 0 aliphatic heterocycles. The molecule has 2 N–H and O–H groups in total. The maximum atomic E-state index is 12.7. The number of nitrogens with one attached hydrogen (secondary N) is 1. The molecule has 0 saturated carbocycles. The predicted molar refractivity (Wildman–Crippen MR) is 60.9 cm³/mol. The molecule has 0 amide bonds. The Hall–Kier alpha value is -1.74. The number of benzene rings is 1. The molecule has 0 saturated heterocycles. The molecule has 0 aliphatic rings. The maximum absolute atomic E-state index is 12.7. The van der Waals surface area contributed by atoms with Crippen molar-refractivity contribution in [3.8, 4) is 6.07 Å². The van der Waals surface area contributed by atoms with Crippen molar-refractivity contribution in [2.45, 2.75) is 32.2 Å². The molecule has 0 heterocycles. The standard InChI is InChI=1S/C12H13F3N2O/c1-7(8(2)18)17-10-4-3-9(6-16)11(5-10)12(13,14)15/h3-5,7-8,17-18H,1-2H3/t7-,8+/m0/s1. The molecule has 6 heteroatoms. The van der Waals surface area contributed by atoms with Gasteiger partial charge in [0.05, 0.1) is 23.3 Å². The molecule has 1 aromatic carbocycles. The van der Waals surface area contributed by atoms with E-state index in [0.29, 0.717) is 0 Å². The van der Waals surface area contributed by atoms with Gasteiger partial charge in [-0.05, 0) is 32.0 Å². The summed E-state index contributed by atoms with van der Waals surface area (Å²) in [4.78, 5) is 0. The molecular weight excluding hydrogens is 245 g/mol. The molecule has 0 aliphatic carbocycles. The molecule has 2 atom stereocenters. The van der Waals surface area contributed by atoms with E-state index in [2.05, 4.69) is 5.32 Å². The Kier molecular flexibility index (Phi) is 4.19. The van der Waals surface area contributed by atoms with Crippen LogP contribution in [0.2, 0.25) is 0 Å². The van der Waals surface area contributed by atoms with Gasteiger partial charge in [-0.2, -0.15) is 18.4 Å². The Morgan fingerprint density at radius 1 is 1.33 bits per heavy atom. The van der Waals surface area contributed by atoms with Crippen LogP contribution in [0.5, 0.6) is 0 Å². The van der Waals surface area contributed by atoms with Crippen molar-refractivity contribution in [1.29, 1.82) is 5.26 Å². The van der Waals surface area contributed by atoms with Gasteiger partial charge in [0, 0.05) is 11.7 Å². The van der Waals surface area contributed by atoms with E-state index in [1.807, 2.05) is 0 Å². The summed E-state index contributed by atoms with van der Waals surface area (Å²) in [5.41, 5.74) is -1.18. The van der Waals surface area contributed by atoms with E-state index in [4.69, 9.17) is 5.26 Å². The van der Waals surface area contributed by atoms with Crippen LogP contribution in [0.4, 0.5) is 18.9 Å². The zero-order chi connectivity index (χ0) is 13.9. The Balaban J connectivity index is 3.09. The van der Waals surface area contributed by atoms with Gasteiger partial charge < -0.3 is 10.4 Å². The number of aliphatic hydroxyl groups excluding tert-OH is 1. The third-order valence-corrected chi connectivity index (χ3v) is 2.56. The van der Waals surface area contributed by atoms with Crippen LogP contribution in [0.25, 0.3) is 0 Å². The lowest BCUT2D eigenvalue weighted by Gasteiger charge is -2.19. The Labute approximate surface area is 103 Å². The lowest BCUT2D eigenvalue weighted by Crippen LogP contribution is -2.28. The number of nitriles is 1. The van der Waals surface area contributed by atoms with E-state index in [9.17, 15) is 18.3 Å². The lowest BCUT2D eigenvalue weighted by atomic mass is 10.1. The summed E-state index contributed by atoms with van der Waals surface area (Å²) in [5.74, 6) is 0. The summed E-state index contributed by atoms with van der Waals surface area (Å²) in [7, 11) is 0. The molecule has 0 radical (unpaired) electrons. The normalized spacial score (nSPS) is 14.7. The molecular formula is C12H13F3N2O. The summed E-state index contributed by atoms with van der Waals surface area (Å²) < 4.78 is 38.0. The van der Waals surface area contributed by atoms with Crippen LogP contribution in [0, 0.1) is 11.3 Å². The minimum Gasteiger partial charge on any atom is -0.391 e. The van der Waals surface area contributed by atoms with E-state index >= 15 is 0 Å². The monoisotopic (exact) mass is 258 g/mol. The number of alkyl halides is 3. The predicted octanol–water partition coefficient (Wildman–Crippen LogP) is 2.76. The molecule has 0 fully saturated rings. The Morgan fingerprint density at radius 2 is 1.94 bits per heavy atom. The first-order chi connectivity index (χ1) is 8.25.